The van der Waals surface area contributed by atoms with Crippen LogP contribution in [0.4, 0.5) is 5.69 Å². The van der Waals surface area contributed by atoms with Gasteiger partial charge in [-0.1, -0.05) is 44.2 Å². The molecule has 0 bridgehead atoms. The van der Waals surface area contributed by atoms with Gasteiger partial charge in [-0.3, -0.25) is 9.59 Å². The molecule has 2 aliphatic rings. The van der Waals surface area contributed by atoms with Gasteiger partial charge in [0, 0.05) is 22.7 Å². The molecule has 4 rings (SSSR count). The topological polar surface area (TPSA) is 103 Å². The Labute approximate surface area is 209 Å². The second-order valence-electron chi connectivity index (χ2n) is 8.59. The number of carbonyl (C=O) groups is 3. The molecule has 1 heterocycles. The van der Waals surface area contributed by atoms with E-state index in [-0.39, 0.29) is 24.5 Å². The largest absolute Gasteiger partial charge is 0.454 e. The lowest BCUT2D eigenvalue weighted by Gasteiger charge is -2.21. The highest BCUT2D eigenvalue weighted by Gasteiger charge is 2.18. The van der Waals surface area contributed by atoms with Crippen LogP contribution in [0.5, 0.6) is 11.5 Å². The smallest absolute Gasteiger partial charge is 0.339 e. The average Bonchev–Trinajstić information content (AvgIpc) is 3.31. The van der Waals surface area contributed by atoms with Gasteiger partial charge >= 0.3 is 5.97 Å². The van der Waals surface area contributed by atoms with Crippen LogP contribution in [-0.4, -0.2) is 43.0 Å². The Morgan fingerprint density at radius 2 is 1.66 bits per heavy atom. The molecule has 0 unspecified atom stereocenters. The molecule has 0 saturated heterocycles. The number of anilines is 1. The molecule has 8 nitrogen and oxygen atoms in total. The van der Waals surface area contributed by atoms with Gasteiger partial charge in [0.2, 0.25) is 12.7 Å². The number of nitrogens with one attached hydrogen (secondary N) is 2. The van der Waals surface area contributed by atoms with Gasteiger partial charge in [-0.2, -0.15) is 0 Å². The second-order valence-corrected chi connectivity index (χ2v) is 9.60. The summed E-state index contributed by atoms with van der Waals surface area (Å²) in [7, 11) is 0. The Morgan fingerprint density at radius 1 is 0.914 bits per heavy atom. The average molecular weight is 499 g/mol. The van der Waals surface area contributed by atoms with Crippen molar-refractivity contribution >= 4 is 35.2 Å². The monoisotopic (exact) mass is 498 g/mol. The number of thioether (sulfide) groups is 1. The van der Waals surface area contributed by atoms with Crippen LogP contribution >= 0.6 is 11.8 Å². The summed E-state index contributed by atoms with van der Waals surface area (Å²) in [4.78, 5) is 38.1. The fraction of sp³-hybridized carbons (Fsp3) is 0.423. The highest BCUT2D eigenvalue weighted by atomic mass is 32.2. The van der Waals surface area contributed by atoms with Crippen LogP contribution in [0, 0.1) is 0 Å². The summed E-state index contributed by atoms with van der Waals surface area (Å²) in [5.74, 6) is 0.249. The Hall–Kier alpha value is -3.20. The zero-order valence-corrected chi connectivity index (χ0v) is 20.4. The van der Waals surface area contributed by atoms with Crippen LogP contribution in [-0.2, 0) is 14.3 Å². The summed E-state index contributed by atoms with van der Waals surface area (Å²) in [5, 5.41) is 5.81. The highest BCUT2D eigenvalue weighted by Crippen LogP contribution is 2.34. The standard InChI is InChI=1S/C26H30N2O6S/c29-24(28-19-12-13-21-22(14-19)34-17-33-21)15-32-26(31)20-10-6-7-11-23(20)35-16-25(30)27-18-8-4-2-1-3-5-9-18/h6-7,10-14,18H,1-5,8-9,15-17H2,(H,27,30)(H,28,29). The second kappa shape index (κ2) is 12.5. The zero-order chi connectivity index (χ0) is 24.5. The lowest BCUT2D eigenvalue weighted by atomic mass is 9.97. The molecule has 0 atom stereocenters. The zero-order valence-electron chi connectivity index (χ0n) is 19.5. The third-order valence-corrected chi connectivity index (χ3v) is 7.00. The SMILES string of the molecule is O=C(COC(=O)c1ccccc1SCC(=O)NC1CCCCCCC1)Nc1ccc2c(c1)OCO2. The minimum absolute atomic E-state index is 0.0353. The Bertz CT molecular complexity index is 1050. The van der Waals surface area contributed by atoms with Gasteiger partial charge in [-0.05, 0) is 37.1 Å². The lowest BCUT2D eigenvalue weighted by Crippen LogP contribution is -2.36. The third-order valence-electron chi connectivity index (χ3n) is 5.93. The van der Waals surface area contributed by atoms with E-state index in [1.165, 1.54) is 31.0 Å². The maximum Gasteiger partial charge on any atom is 0.339 e. The van der Waals surface area contributed by atoms with E-state index in [1.807, 2.05) is 0 Å². The molecule has 1 fully saturated rings. The summed E-state index contributed by atoms with van der Waals surface area (Å²) in [5.41, 5.74) is 0.841. The Morgan fingerprint density at radius 3 is 2.49 bits per heavy atom. The first-order chi connectivity index (χ1) is 17.1. The predicted octanol–water partition coefficient (Wildman–Crippen LogP) is 4.53. The molecule has 1 aliphatic heterocycles. The number of amides is 2. The first kappa shape index (κ1) is 24.9. The van der Waals surface area contributed by atoms with E-state index in [0.717, 1.165) is 25.7 Å². The molecule has 2 N–H and O–H groups in total. The maximum atomic E-state index is 12.7. The number of hydrogen-bond donors (Lipinski definition) is 2. The molecule has 1 saturated carbocycles. The highest BCUT2D eigenvalue weighted by molar-refractivity contribution is 8.00. The van der Waals surface area contributed by atoms with E-state index >= 15 is 0 Å². The van der Waals surface area contributed by atoms with E-state index in [4.69, 9.17) is 14.2 Å². The predicted molar refractivity (Wildman–Crippen MR) is 133 cm³/mol. The van der Waals surface area contributed by atoms with Gasteiger partial charge in [0.25, 0.3) is 5.91 Å². The number of ether oxygens (including phenoxy) is 3. The van der Waals surface area contributed by atoms with Crippen LogP contribution in [0.1, 0.15) is 55.3 Å². The Balaban J connectivity index is 1.25. The number of benzene rings is 2. The quantitative estimate of drug-likeness (QED) is 0.407. The number of carbonyl (C=O) groups excluding carboxylic acids is 3. The number of hydrogen-bond acceptors (Lipinski definition) is 7. The first-order valence-electron chi connectivity index (χ1n) is 12.0. The first-order valence-corrected chi connectivity index (χ1v) is 12.9. The van der Waals surface area contributed by atoms with Crippen molar-refractivity contribution in [2.24, 2.45) is 0 Å². The van der Waals surface area contributed by atoms with Gasteiger partial charge in [-0.15, -0.1) is 11.8 Å². The van der Waals surface area contributed by atoms with Crippen molar-refractivity contribution in [2.75, 3.05) is 24.5 Å². The molecule has 0 aromatic heterocycles. The van der Waals surface area contributed by atoms with E-state index in [0.29, 0.717) is 27.6 Å². The normalized spacial score (nSPS) is 15.5. The summed E-state index contributed by atoms with van der Waals surface area (Å²) in [6.07, 6.45) is 8.07. The van der Waals surface area contributed by atoms with Crippen molar-refractivity contribution in [3.63, 3.8) is 0 Å². The van der Waals surface area contributed by atoms with Gasteiger partial charge in [-0.25, -0.2) is 4.79 Å². The summed E-state index contributed by atoms with van der Waals surface area (Å²) < 4.78 is 15.8. The fourth-order valence-corrected chi connectivity index (χ4v) is 5.01. The van der Waals surface area contributed by atoms with Gasteiger partial charge in [0.05, 0.1) is 11.3 Å². The molecule has 2 aromatic carbocycles. The molecule has 186 valence electrons. The van der Waals surface area contributed by atoms with Crippen molar-refractivity contribution in [1.82, 2.24) is 5.32 Å². The molecular weight excluding hydrogens is 468 g/mol. The number of rotatable bonds is 8. The summed E-state index contributed by atoms with van der Waals surface area (Å²) in [6, 6.07) is 12.2. The summed E-state index contributed by atoms with van der Waals surface area (Å²) in [6.45, 7) is -0.293. The van der Waals surface area contributed by atoms with Crippen molar-refractivity contribution in [1.29, 1.82) is 0 Å². The van der Waals surface area contributed by atoms with Crippen molar-refractivity contribution in [3.05, 3.63) is 48.0 Å². The molecule has 2 amide bonds. The Kier molecular flexibility index (Phi) is 8.89. The van der Waals surface area contributed by atoms with E-state index in [2.05, 4.69) is 10.6 Å². The van der Waals surface area contributed by atoms with E-state index < -0.39 is 18.5 Å². The molecular formula is C26H30N2O6S. The van der Waals surface area contributed by atoms with E-state index in [9.17, 15) is 14.4 Å². The maximum absolute atomic E-state index is 12.7. The van der Waals surface area contributed by atoms with Crippen LogP contribution in [0.2, 0.25) is 0 Å². The number of fused-ring (bicyclic) bond motifs is 1. The summed E-state index contributed by atoms with van der Waals surface area (Å²) >= 11 is 1.29. The van der Waals surface area contributed by atoms with Gasteiger partial charge in [0.15, 0.2) is 18.1 Å². The van der Waals surface area contributed by atoms with E-state index in [1.54, 1.807) is 42.5 Å². The molecule has 35 heavy (non-hydrogen) atoms. The van der Waals surface area contributed by atoms with Gasteiger partial charge < -0.3 is 24.8 Å². The van der Waals surface area contributed by atoms with Crippen LogP contribution in [0.15, 0.2) is 47.4 Å². The van der Waals surface area contributed by atoms with Crippen LogP contribution < -0.4 is 20.1 Å². The lowest BCUT2D eigenvalue weighted by molar-refractivity contribution is -0.120. The van der Waals surface area contributed by atoms with Crippen LogP contribution in [0.25, 0.3) is 0 Å². The van der Waals surface area contributed by atoms with Crippen molar-refractivity contribution < 1.29 is 28.6 Å². The molecule has 0 spiro atoms. The van der Waals surface area contributed by atoms with Gasteiger partial charge in [0.1, 0.15) is 0 Å². The van der Waals surface area contributed by atoms with Crippen LogP contribution in [0.3, 0.4) is 0 Å². The molecule has 0 radical (unpaired) electrons. The molecule has 2 aromatic rings. The molecule has 9 heteroatoms. The minimum atomic E-state index is -0.616. The third kappa shape index (κ3) is 7.39. The number of esters is 1. The fourth-order valence-electron chi connectivity index (χ4n) is 4.15. The minimum Gasteiger partial charge on any atom is -0.454 e. The van der Waals surface area contributed by atoms with Crippen molar-refractivity contribution in [3.8, 4) is 11.5 Å². The van der Waals surface area contributed by atoms with Crippen molar-refractivity contribution in [2.45, 2.75) is 55.9 Å². The molecule has 1 aliphatic carbocycles.